The van der Waals surface area contributed by atoms with Gasteiger partial charge in [-0.05, 0) is 11.6 Å². The number of amidine groups is 1. The molecule has 0 spiro atoms. The summed E-state index contributed by atoms with van der Waals surface area (Å²) < 4.78 is 41.5. The van der Waals surface area contributed by atoms with E-state index in [0.29, 0.717) is 16.9 Å². The van der Waals surface area contributed by atoms with Crippen LogP contribution in [-0.2, 0) is 11.2 Å². The van der Waals surface area contributed by atoms with E-state index in [-0.39, 0.29) is 23.8 Å². The lowest BCUT2D eigenvalue weighted by molar-refractivity contribution is -0.124. The molecule has 2 aromatic heterocycles. The van der Waals surface area contributed by atoms with Crippen molar-refractivity contribution in [3.63, 3.8) is 0 Å². The first kappa shape index (κ1) is 18.0. The highest BCUT2D eigenvalue weighted by Crippen LogP contribution is 2.48. The molecular weight excluding hydrogens is 373 g/mol. The van der Waals surface area contributed by atoms with Crippen LogP contribution in [0.25, 0.3) is 5.65 Å². The third-order valence-electron chi connectivity index (χ3n) is 4.45. The number of alkyl halides is 2. The van der Waals surface area contributed by atoms with E-state index in [1.54, 1.807) is 35.0 Å². The van der Waals surface area contributed by atoms with Crippen LogP contribution >= 0.6 is 0 Å². The predicted octanol–water partition coefficient (Wildman–Crippen LogP) is 1.85. The number of nitrogens with zero attached hydrogens (tertiary/aromatic N) is 4. The van der Waals surface area contributed by atoms with E-state index in [0.717, 1.165) is 0 Å². The minimum Gasteiger partial charge on any atom is -0.380 e. The molecule has 0 radical (unpaired) electrons. The molecule has 1 amide bonds. The Balaban J connectivity index is 1.62. The normalized spacial score (nSPS) is 18.2. The molecule has 0 aliphatic heterocycles. The second kappa shape index (κ2) is 6.63. The molecule has 1 aliphatic rings. The van der Waals surface area contributed by atoms with Gasteiger partial charge in [-0.1, -0.05) is 18.2 Å². The van der Waals surface area contributed by atoms with Gasteiger partial charge in [0.1, 0.15) is 17.4 Å². The first-order valence-corrected chi connectivity index (χ1v) is 8.42. The monoisotopic (exact) mass is 388 g/mol. The molecule has 2 heterocycles. The van der Waals surface area contributed by atoms with Crippen LogP contribution in [0.2, 0.25) is 0 Å². The second-order valence-corrected chi connectivity index (χ2v) is 6.49. The lowest BCUT2D eigenvalue weighted by Crippen LogP contribution is -2.27. The zero-order valence-corrected chi connectivity index (χ0v) is 14.4. The Kier molecular flexibility index (Phi) is 4.25. The smallest absolute Gasteiger partial charge is 0.260 e. The van der Waals surface area contributed by atoms with Gasteiger partial charge >= 0.3 is 0 Å². The molecule has 0 saturated heterocycles. The fraction of sp³-hybridized carbons (Fsp3) is 0.222. The number of nitrogens with one attached hydrogen (secondary N) is 1. The summed E-state index contributed by atoms with van der Waals surface area (Å²) in [5, 5.41) is 3.67. The zero-order valence-electron chi connectivity index (χ0n) is 14.4. The second-order valence-electron chi connectivity index (χ2n) is 6.49. The number of rotatable bonds is 5. The molecule has 1 aliphatic carbocycles. The van der Waals surface area contributed by atoms with Crippen molar-refractivity contribution < 1.29 is 18.0 Å². The van der Waals surface area contributed by atoms with Crippen molar-refractivity contribution in [3.8, 4) is 0 Å². The summed E-state index contributed by atoms with van der Waals surface area (Å²) in [6, 6.07) is 6.28. The van der Waals surface area contributed by atoms with Crippen LogP contribution in [0.3, 0.4) is 0 Å². The molecule has 1 fully saturated rings. The van der Waals surface area contributed by atoms with E-state index >= 15 is 0 Å². The number of carbonyl (C=O) groups excluding carboxylic acids is 1. The Morgan fingerprint density at radius 2 is 2.14 bits per heavy atom. The van der Waals surface area contributed by atoms with E-state index < -0.39 is 24.2 Å². The number of nitrogens with two attached hydrogens (primary N) is 1. The fourth-order valence-corrected chi connectivity index (χ4v) is 2.81. The van der Waals surface area contributed by atoms with Gasteiger partial charge in [-0.25, -0.2) is 28.6 Å². The highest BCUT2D eigenvalue weighted by molar-refractivity contribution is 5.96. The number of fused-ring (bicyclic) bond motifs is 1. The average molecular weight is 388 g/mol. The van der Waals surface area contributed by atoms with Gasteiger partial charge in [0.05, 0.1) is 5.69 Å². The van der Waals surface area contributed by atoms with Crippen LogP contribution in [-0.4, -0.2) is 32.0 Å². The van der Waals surface area contributed by atoms with Gasteiger partial charge in [0.15, 0.2) is 11.5 Å². The van der Waals surface area contributed by atoms with Crippen LogP contribution in [0.5, 0.6) is 0 Å². The Morgan fingerprint density at radius 3 is 2.86 bits per heavy atom. The molecular formula is C18H15F3N6O. The minimum absolute atomic E-state index is 0.162. The summed E-state index contributed by atoms with van der Waals surface area (Å²) in [7, 11) is 0. The topological polar surface area (TPSA) is 97.7 Å². The number of hydrogen-bond acceptors (Lipinski definition) is 4. The fourth-order valence-electron chi connectivity index (χ4n) is 2.81. The summed E-state index contributed by atoms with van der Waals surface area (Å²) in [4.78, 5) is 20.2. The molecule has 7 nitrogen and oxygen atoms in total. The molecule has 3 aromatic rings. The number of aromatic nitrogens is 3. The van der Waals surface area contributed by atoms with E-state index in [4.69, 9.17) is 5.73 Å². The number of carbonyl (C=O) groups is 1. The molecule has 144 valence electrons. The van der Waals surface area contributed by atoms with Crippen molar-refractivity contribution in [3.05, 3.63) is 65.6 Å². The molecule has 3 N–H and O–H groups in total. The number of imidazole rings is 1. The SMILES string of the molecule is NC(=NNC(=O)C1CC1(F)F)c1cn2ccnc2c(Cc2ccccc2F)n1. The van der Waals surface area contributed by atoms with Crippen molar-refractivity contribution in [1.82, 2.24) is 19.8 Å². The maximum absolute atomic E-state index is 14.0. The number of benzene rings is 1. The summed E-state index contributed by atoms with van der Waals surface area (Å²) in [6.07, 6.45) is 4.40. The molecule has 1 atom stereocenters. The van der Waals surface area contributed by atoms with E-state index in [1.165, 1.54) is 12.3 Å². The third-order valence-corrected chi connectivity index (χ3v) is 4.45. The van der Waals surface area contributed by atoms with E-state index in [9.17, 15) is 18.0 Å². The Labute approximate surface area is 157 Å². The number of halogens is 3. The third kappa shape index (κ3) is 3.40. The molecule has 4 rings (SSSR count). The van der Waals surface area contributed by atoms with Gasteiger partial charge in [0.25, 0.3) is 5.92 Å². The van der Waals surface area contributed by atoms with Gasteiger partial charge in [0.2, 0.25) is 5.91 Å². The van der Waals surface area contributed by atoms with Crippen molar-refractivity contribution in [2.75, 3.05) is 0 Å². The zero-order chi connectivity index (χ0) is 19.9. The Morgan fingerprint density at radius 1 is 1.39 bits per heavy atom. The maximum atomic E-state index is 14.0. The van der Waals surface area contributed by atoms with Crippen molar-refractivity contribution in [2.45, 2.75) is 18.8 Å². The minimum atomic E-state index is -2.99. The first-order valence-electron chi connectivity index (χ1n) is 8.42. The van der Waals surface area contributed by atoms with E-state index in [1.807, 2.05) is 5.43 Å². The van der Waals surface area contributed by atoms with Gasteiger partial charge in [-0.2, -0.15) is 5.10 Å². The van der Waals surface area contributed by atoms with Crippen molar-refractivity contribution >= 4 is 17.4 Å². The van der Waals surface area contributed by atoms with Crippen LogP contribution in [0.4, 0.5) is 13.2 Å². The predicted molar refractivity (Wildman–Crippen MR) is 94.1 cm³/mol. The lowest BCUT2D eigenvalue weighted by Gasteiger charge is -2.08. The van der Waals surface area contributed by atoms with Crippen LogP contribution < -0.4 is 11.2 Å². The summed E-state index contributed by atoms with van der Waals surface area (Å²) in [5.74, 6) is -5.82. The van der Waals surface area contributed by atoms with E-state index in [2.05, 4.69) is 15.1 Å². The van der Waals surface area contributed by atoms with Gasteiger partial charge in [0, 0.05) is 31.4 Å². The standard InChI is InChI=1S/C18H15F3N6O/c19-12-4-2-1-3-10(12)7-13-16-23-5-6-27(16)9-14(24-13)15(22)25-26-17(28)11-8-18(11,20)21/h1-6,9,11H,7-8H2,(H2,22,25)(H,26,28). The first-order chi connectivity index (χ1) is 13.3. The van der Waals surface area contributed by atoms with Gasteiger partial charge < -0.3 is 10.1 Å². The molecule has 1 unspecified atom stereocenters. The quantitative estimate of drug-likeness (QED) is 0.396. The summed E-state index contributed by atoms with van der Waals surface area (Å²) in [5.41, 5.74) is 9.49. The summed E-state index contributed by atoms with van der Waals surface area (Å²) in [6.45, 7) is 0. The van der Waals surface area contributed by atoms with Crippen molar-refractivity contribution in [2.24, 2.45) is 16.8 Å². The largest absolute Gasteiger partial charge is 0.380 e. The average Bonchev–Trinajstić information content (AvgIpc) is 3.07. The van der Waals surface area contributed by atoms with Crippen LogP contribution in [0, 0.1) is 11.7 Å². The molecule has 1 aromatic carbocycles. The number of hydrogen-bond donors (Lipinski definition) is 2. The molecule has 1 saturated carbocycles. The highest BCUT2D eigenvalue weighted by atomic mass is 19.3. The molecule has 28 heavy (non-hydrogen) atoms. The summed E-state index contributed by atoms with van der Waals surface area (Å²) >= 11 is 0. The number of hydrazone groups is 1. The number of amides is 1. The molecule has 10 heteroatoms. The Bertz CT molecular complexity index is 1090. The molecule has 0 bridgehead atoms. The lowest BCUT2D eigenvalue weighted by atomic mass is 10.1. The Hall–Kier alpha value is -3.43. The highest BCUT2D eigenvalue weighted by Gasteiger charge is 2.61. The maximum Gasteiger partial charge on any atom is 0.260 e. The van der Waals surface area contributed by atoms with Crippen LogP contribution in [0.15, 0.2) is 48.0 Å². The van der Waals surface area contributed by atoms with Crippen LogP contribution in [0.1, 0.15) is 23.4 Å². The van der Waals surface area contributed by atoms with Crippen molar-refractivity contribution in [1.29, 1.82) is 0 Å². The van der Waals surface area contributed by atoms with Gasteiger partial charge in [-0.15, -0.1) is 0 Å². The van der Waals surface area contributed by atoms with Gasteiger partial charge in [-0.3, -0.25) is 4.79 Å².